The predicted molar refractivity (Wildman–Crippen MR) is 68.6 cm³/mol. The Hall–Kier alpha value is -1.11. The third-order valence-electron chi connectivity index (χ3n) is 3.34. The number of nitrogens with one attached hydrogen (secondary N) is 2. The maximum absolute atomic E-state index is 12.3. The number of urea groups is 1. The predicted octanol–water partition coefficient (Wildman–Crippen LogP) is 1.19. The lowest BCUT2D eigenvalue weighted by Crippen LogP contribution is -2.48. The van der Waals surface area contributed by atoms with Crippen LogP contribution < -0.4 is 10.6 Å². The first-order valence-electron chi connectivity index (χ1n) is 5.70. The van der Waals surface area contributed by atoms with E-state index in [0.717, 1.165) is 11.4 Å². The molecule has 0 aliphatic carbocycles. The topological polar surface area (TPSA) is 61.4 Å². The third kappa shape index (κ3) is 1.81. The summed E-state index contributed by atoms with van der Waals surface area (Å²) >= 11 is 7.23. The Bertz CT molecular complexity index is 510. The van der Waals surface area contributed by atoms with Crippen molar-refractivity contribution in [2.24, 2.45) is 0 Å². The molecule has 1 aromatic rings. The van der Waals surface area contributed by atoms with Crippen LogP contribution in [0.2, 0.25) is 4.34 Å². The first kappa shape index (κ1) is 12.0. The van der Waals surface area contributed by atoms with Gasteiger partial charge in [0, 0.05) is 11.4 Å². The van der Waals surface area contributed by atoms with E-state index in [9.17, 15) is 9.59 Å². The highest BCUT2D eigenvalue weighted by Crippen LogP contribution is 2.28. The van der Waals surface area contributed by atoms with Crippen LogP contribution in [0.5, 0.6) is 0 Å². The van der Waals surface area contributed by atoms with Crippen molar-refractivity contribution in [2.75, 3.05) is 13.1 Å². The van der Waals surface area contributed by atoms with Crippen LogP contribution in [0.4, 0.5) is 4.79 Å². The van der Waals surface area contributed by atoms with Crippen molar-refractivity contribution < 1.29 is 9.59 Å². The van der Waals surface area contributed by atoms with Crippen LogP contribution in [-0.4, -0.2) is 35.5 Å². The van der Waals surface area contributed by atoms with Crippen molar-refractivity contribution in [1.29, 1.82) is 0 Å². The van der Waals surface area contributed by atoms with Gasteiger partial charge in [-0.15, -0.1) is 11.3 Å². The fraction of sp³-hybridized carbons (Fsp3) is 0.455. The summed E-state index contributed by atoms with van der Waals surface area (Å²) in [4.78, 5) is 26.4. The largest absolute Gasteiger partial charge is 0.325 e. The van der Waals surface area contributed by atoms with Crippen LogP contribution in [0, 0.1) is 0 Å². The number of halogens is 1. The zero-order chi connectivity index (χ0) is 12.8. The molecule has 2 aliphatic heterocycles. The monoisotopic (exact) mass is 285 g/mol. The van der Waals surface area contributed by atoms with E-state index in [1.54, 1.807) is 6.07 Å². The summed E-state index contributed by atoms with van der Waals surface area (Å²) in [7, 11) is 0. The minimum absolute atomic E-state index is 0.137. The maximum atomic E-state index is 12.3. The smallest absolute Gasteiger partial charge is 0.322 e. The second-order valence-corrected chi connectivity index (χ2v) is 6.34. The van der Waals surface area contributed by atoms with Gasteiger partial charge in [0.2, 0.25) is 0 Å². The zero-order valence-corrected chi connectivity index (χ0v) is 11.1. The van der Waals surface area contributed by atoms with Gasteiger partial charge >= 0.3 is 6.03 Å². The van der Waals surface area contributed by atoms with Crippen LogP contribution in [0.25, 0.3) is 0 Å². The van der Waals surface area contributed by atoms with Gasteiger partial charge in [-0.25, -0.2) is 4.79 Å². The molecule has 3 amide bonds. The molecule has 1 aromatic heterocycles. The van der Waals surface area contributed by atoms with Crippen LogP contribution in [-0.2, 0) is 11.3 Å². The SMILES string of the molecule is O=C1NC2(CCNC2)C(=O)N1Cc1ccc(Cl)s1. The molecule has 0 saturated carbocycles. The molecule has 0 aromatic carbocycles. The minimum atomic E-state index is -0.724. The van der Waals surface area contributed by atoms with Crippen LogP contribution in [0.3, 0.4) is 0 Å². The van der Waals surface area contributed by atoms with Gasteiger partial charge in [-0.05, 0) is 25.1 Å². The van der Waals surface area contributed by atoms with E-state index >= 15 is 0 Å². The van der Waals surface area contributed by atoms with Gasteiger partial charge in [-0.3, -0.25) is 9.69 Å². The number of thiophene rings is 1. The fourth-order valence-corrected chi connectivity index (χ4v) is 3.47. The van der Waals surface area contributed by atoms with Crippen molar-refractivity contribution in [2.45, 2.75) is 18.5 Å². The van der Waals surface area contributed by atoms with Crippen molar-refractivity contribution >= 4 is 34.9 Å². The number of carbonyl (C=O) groups is 2. The molecule has 0 bridgehead atoms. The molecule has 96 valence electrons. The third-order valence-corrected chi connectivity index (χ3v) is 4.56. The van der Waals surface area contributed by atoms with Crippen LogP contribution >= 0.6 is 22.9 Å². The van der Waals surface area contributed by atoms with Crippen molar-refractivity contribution in [3.05, 3.63) is 21.3 Å². The molecule has 1 atom stereocenters. The van der Waals surface area contributed by atoms with Crippen molar-refractivity contribution in [1.82, 2.24) is 15.5 Å². The van der Waals surface area contributed by atoms with Gasteiger partial charge in [-0.1, -0.05) is 11.6 Å². The molecule has 18 heavy (non-hydrogen) atoms. The number of amides is 3. The Balaban J connectivity index is 1.80. The summed E-state index contributed by atoms with van der Waals surface area (Å²) in [5.41, 5.74) is -0.724. The van der Waals surface area contributed by atoms with Gasteiger partial charge < -0.3 is 10.6 Å². The lowest BCUT2D eigenvalue weighted by molar-refractivity contribution is -0.131. The molecular formula is C11H12ClN3O2S. The van der Waals surface area contributed by atoms with Gasteiger partial charge in [0.1, 0.15) is 5.54 Å². The standard InChI is InChI=1S/C11H12ClN3O2S/c12-8-2-1-7(18-8)5-15-9(16)11(14-10(15)17)3-4-13-6-11/h1-2,13H,3-6H2,(H,14,17). The molecular weight excluding hydrogens is 274 g/mol. The Morgan fingerprint density at radius 2 is 2.28 bits per heavy atom. The van der Waals surface area contributed by atoms with E-state index < -0.39 is 5.54 Å². The summed E-state index contributed by atoms with van der Waals surface area (Å²) in [6.45, 7) is 1.56. The van der Waals surface area contributed by atoms with E-state index in [2.05, 4.69) is 10.6 Å². The number of nitrogens with zero attached hydrogens (tertiary/aromatic N) is 1. The molecule has 2 aliphatic rings. The van der Waals surface area contributed by atoms with E-state index in [4.69, 9.17) is 11.6 Å². The Morgan fingerprint density at radius 1 is 1.44 bits per heavy atom. The van der Waals surface area contributed by atoms with E-state index in [1.807, 2.05) is 6.07 Å². The number of hydrogen-bond donors (Lipinski definition) is 2. The van der Waals surface area contributed by atoms with Crippen LogP contribution in [0.1, 0.15) is 11.3 Å². The van der Waals surface area contributed by atoms with Crippen LogP contribution in [0.15, 0.2) is 12.1 Å². The number of rotatable bonds is 2. The van der Waals surface area contributed by atoms with Crippen molar-refractivity contribution in [3.8, 4) is 0 Å². The number of imide groups is 1. The molecule has 1 unspecified atom stereocenters. The Labute approximate surface area is 113 Å². The average molecular weight is 286 g/mol. The molecule has 5 nitrogen and oxygen atoms in total. The Morgan fingerprint density at radius 3 is 2.89 bits per heavy atom. The summed E-state index contributed by atoms with van der Waals surface area (Å²) < 4.78 is 0.661. The summed E-state index contributed by atoms with van der Waals surface area (Å²) in [5, 5.41) is 5.92. The maximum Gasteiger partial charge on any atom is 0.325 e. The second-order valence-electron chi connectivity index (χ2n) is 4.54. The lowest BCUT2D eigenvalue weighted by Gasteiger charge is -2.18. The molecule has 2 fully saturated rings. The molecule has 7 heteroatoms. The first-order chi connectivity index (χ1) is 8.61. The molecule has 2 N–H and O–H groups in total. The Kier molecular flexibility index (Phi) is 2.80. The first-order valence-corrected chi connectivity index (χ1v) is 6.89. The highest BCUT2D eigenvalue weighted by atomic mass is 35.5. The highest BCUT2D eigenvalue weighted by molar-refractivity contribution is 7.16. The number of carbonyl (C=O) groups excluding carboxylic acids is 2. The molecule has 0 radical (unpaired) electrons. The lowest BCUT2D eigenvalue weighted by atomic mass is 9.99. The minimum Gasteiger partial charge on any atom is -0.322 e. The molecule has 3 rings (SSSR count). The summed E-state index contributed by atoms with van der Waals surface area (Å²) in [6, 6.07) is 3.30. The normalized spacial score (nSPS) is 27.3. The van der Waals surface area contributed by atoms with E-state index in [-0.39, 0.29) is 11.9 Å². The van der Waals surface area contributed by atoms with Gasteiger partial charge in [0.15, 0.2) is 0 Å². The average Bonchev–Trinajstić information content (AvgIpc) is 2.99. The highest BCUT2D eigenvalue weighted by Gasteiger charge is 2.52. The quantitative estimate of drug-likeness (QED) is 0.803. The summed E-state index contributed by atoms with van der Waals surface area (Å²) in [6.07, 6.45) is 0.652. The van der Waals surface area contributed by atoms with E-state index in [0.29, 0.717) is 23.8 Å². The second kappa shape index (κ2) is 4.22. The molecule has 3 heterocycles. The van der Waals surface area contributed by atoms with Gasteiger partial charge in [0.25, 0.3) is 5.91 Å². The van der Waals surface area contributed by atoms with Crippen molar-refractivity contribution in [3.63, 3.8) is 0 Å². The fourth-order valence-electron chi connectivity index (χ4n) is 2.39. The van der Waals surface area contributed by atoms with Gasteiger partial charge in [-0.2, -0.15) is 0 Å². The van der Waals surface area contributed by atoms with E-state index in [1.165, 1.54) is 16.2 Å². The van der Waals surface area contributed by atoms with Gasteiger partial charge in [0.05, 0.1) is 10.9 Å². The summed E-state index contributed by atoms with van der Waals surface area (Å²) in [5.74, 6) is -0.137. The zero-order valence-electron chi connectivity index (χ0n) is 9.53. The molecule has 1 spiro atoms. The molecule has 2 saturated heterocycles. The number of hydrogen-bond acceptors (Lipinski definition) is 4.